The third-order valence-electron chi connectivity index (χ3n) is 5.46. The molecule has 1 saturated heterocycles. The minimum atomic E-state index is -0.447. The number of carbonyl (C=O) groups excluding carboxylic acids is 2. The molecule has 0 bridgehead atoms. The van der Waals surface area contributed by atoms with Gasteiger partial charge < -0.3 is 19.9 Å². The maximum atomic E-state index is 13.1. The Kier molecular flexibility index (Phi) is 7.46. The van der Waals surface area contributed by atoms with Gasteiger partial charge in [0, 0.05) is 38.4 Å². The van der Waals surface area contributed by atoms with Gasteiger partial charge in [-0.05, 0) is 50.2 Å². The van der Waals surface area contributed by atoms with E-state index in [-0.39, 0.29) is 11.9 Å². The molecule has 6 heteroatoms. The summed E-state index contributed by atoms with van der Waals surface area (Å²) < 4.78 is 5.08. The summed E-state index contributed by atoms with van der Waals surface area (Å²) in [7, 11) is 2.13. The van der Waals surface area contributed by atoms with Gasteiger partial charge in [0.25, 0.3) is 0 Å². The molecule has 1 aliphatic heterocycles. The zero-order valence-corrected chi connectivity index (χ0v) is 18.1. The Morgan fingerprint density at radius 1 is 1.00 bits per heavy atom. The van der Waals surface area contributed by atoms with Gasteiger partial charge in [-0.15, -0.1) is 0 Å². The first-order chi connectivity index (χ1) is 14.5. The van der Waals surface area contributed by atoms with E-state index in [1.165, 1.54) is 0 Å². The van der Waals surface area contributed by atoms with Gasteiger partial charge >= 0.3 is 5.97 Å². The zero-order valence-electron chi connectivity index (χ0n) is 18.1. The number of carbonyl (C=O) groups is 2. The summed E-state index contributed by atoms with van der Waals surface area (Å²) >= 11 is 0. The highest BCUT2D eigenvalue weighted by molar-refractivity contribution is 5.91. The molecule has 1 fully saturated rings. The van der Waals surface area contributed by atoms with E-state index in [9.17, 15) is 9.59 Å². The number of nitrogens with one attached hydrogen (secondary N) is 1. The first-order valence-electron chi connectivity index (χ1n) is 10.6. The quantitative estimate of drug-likeness (QED) is 0.713. The molecule has 0 aliphatic carbocycles. The Morgan fingerprint density at radius 3 is 2.30 bits per heavy atom. The lowest BCUT2D eigenvalue weighted by Gasteiger charge is -2.36. The average Bonchev–Trinajstić information content (AvgIpc) is 2.76. The number of benzene rings is 2. The van der Waals surface area contributed by atoms with Crippen molar-refractivity contribution in [3.05, 3.63) is 65.2 Å². The van der Waals surface area contributed by atoms with E-state index in [1.807, 2.05) is 37.3 Å². The van der Waals surface area contributed by atoms with Crippen molar-refractivity contribution in [3.8, 4) is 0 Å². The highest BCUT2D eigenvalue weighted by Crippen LogP contribution is 2.33. The molecular weight excluding hydrogens is 378 g/mol. The van der Waals surface area contributed by atoms with Crippen LogP contribution < -0.4 is 10.2 Å². The molecule has 160 valence electrons. The van der Waals surface area contributed by atoms with E-state index >= 15 is 0 Å². The van der Waals surface area contributed by atoms with Gasteiger partial charge in [-0.3, -0.25) is 4.79 Å². The molecule has 1 atom stereocenters. The second-order valence-electron chi connectivity index (χ2n) is 7.52. The molecule has 1 unspecified atom stereocenters. The van der Waals surface area contributed by atoms with Crippen LogP contribution in [0.2, 0.25) is 0 Å². The molecule has 0 aromatic heterocycles. The number of anilines is 1. The minimum Gasteiger partial charge on any atom is -0.462 e. The predicted molar refractivity (Wildman–Crippen MR) is 119 cm³/mol. The van der Waals surface area contributed by atoms with Crippen molar-refractivity contribution in [2.24, 2.45) is 0 Å². The smallest absolute Gasteiger partial charge is 0.338 e. The fourth-order valence-corrected chi connectivity index (χ4v) is 3.84. The van der Waals surface area contributed by atoms with Crippen molar-refractivity contribution in [1.29, 1.82) is 0 Å². The number of amides is 1. The van der Waals surface area contributed by atoms with Crippen LogP contribution in [0.3, 0.4) is 0 Å². The Morgan fingerprint density at radius 2 is 1.67 bits per heavy atom. The van der Waals surface area contributed by atoms with E-state index in [0.29, 0.717) is 18.7 Å². The van der Waals surface area contributed by atoms with Gasteiger partial charge in [0.1, 0.15) is 0 Å². The maximum absolute atomic E-state index is 13.1. The molecule has 2 aromatic carbocycles. The molecule has 1 amide bonds. The second kappa shape index (κ2) is 10.3. The molecule has 1 aliphatic rings. The fourth-order valence-electron chi connectivity index (χ4n) is 3.84. The lowest BCUT2D eigenvalue weighted by molar-refractivity contribution is -0.121. The summed E-state index contributed by atoms with van der Waals surface area (Å²) in [6.07, 6.45) is 0. The number of nitrogens with zero attached hydrogens (tertiary/aromatic N) is 2. The third-order valence-corrected chi connectivity index (χ3v) is 5.46. The van der Waals surface area contributed by atoms with Gasteiger partial charge in [0.2, 0.25) is 5.91 Å². The van der Waals surface area contributed by atoms with Crippen molar-refractivity contribution in [3.63, 3.8) is 0 Å². The molecule has 0 spiro atoms. The Labute approximate surface area is 178 Å². The highest BCUT2D eigenvalue weighted by atomic mass is 16.5. The van der Waals surface area contributed by atoms with Gasteiger partial charge in [0.05, 0.1) is 18.1 Å². The average molecular weight is 410 g/mol. The summed E-state index contributed by atoms with van der Waals surface area (Å²) in [4.78, 5) is 29.8. The minimum absolute atomic E-state index is 0.0389. The van der Waals surface area contributed by atoms with Crippen molar-refractivity contribution >= 4 is 17.6 Å². The number of para-hydroxylation sites is 1. The normalized spacial score (nSPS) is 15.5. The molecule has 30 heavy (non-hydrogen) atoms. The van der Waals surface area contributed by atoms with Gasteiger partial charge in [-0.1, -0.05) is 30.3 Å². The van der Waals surface area contributed by atoms with Gasteiger partial charge in [-0.25, -0.2) is 4.79 Å². The predicted octanol–water partition coefficient (Wildman–Crippen LogP) is 2.88. The van der Waals surface area contributed by atoms with Crippen LogP contribution in [0.1, 0.15) is 41.3 Å². The molecular formula is C24H31N3O3. The Balaban J connectivity index is 1.97. The number of rotatable bonds is 7. The maximum Gasteiger partial charge on any atom is 0.338 e. The van der Waals surface area contributed by atoms with Crippen LogP contribution in [-0.2, 0) is 9.53 Å². The number of esters is 1. The first kappa shape index (κ1) is 21.8. The van der Waals surface area contributed by atoms with Crippen molar-refractivity contribution in [2.45, 2.75) is 19.8 Å². The Bertz CT molecular complexity index is 858. The summed E-state index contributed by atoms with van der Waals surface area (Å²) in [5.41, 5.74) is 3.42. The van der Waals surface area contributed by atoms with Crippen LogP contribution in [0.5, 0.6) is 0 Å². The van der Waals surface area contributed by atoms with E-state index in [4.69, 9.17) is 4.74 Å². The zero-order chi connectivity index (χ0) is 21.5. The topological polar surface area (TPSA) is 61.9 Å². The number of likely N-dealkylation sites (N-methyl/N-ethyl adjacent to an activating group) is 2. The Hall–Kier alpha value is -2.86. The third kappa shape index (κ3) is 5.00. The highest BCUT2D eigenvalue weighted by Gasteiger charge is 2.27. The van der Waals surface area contributed by atoms with Crippen LogP contribution >= 0.6 is 0 Å². The standard InChI is InChI=1S/C24H31N3O3/c1-4-25-23(28)22(18-10-12-19(13-11-18)24(29)30-5-2)20-8-6-7-9-21(20)27-16-14-26(3)15-17-27/h6-13,22H,4-5,14-17H2,1-3H3,(H,25,28). The van der Waals surface area contributed by atoms with Crippen molar-refractivity contribution in [2.75, 3.05) is 51.3 Å². The van der Waals surface area contributed by atoms with Crippen LogP contribution in [0.25, 0.3) is 0 Å². The number of hydrogen-bond donors (Lipinski definition) is 1. The van der Waals surface area contributed by atoms with Crippen LogP contribution in [0, 0.1) is 0 Å². The van der Waals surface area contributed by atoms with Gasteiger partial charge in [-0.2, -0.15) is 0 Å². The lowest BCUT2D eigenvalue weighted by Crippen LogP contribution is -2.45. The largest absolute Gasteiger partial charge is 0.462 e. The first-order valence-corrected chi connectivity index (χ1v) is 10.6. The van der Waals surface area contributed by atoms with Crippen molar-refractivity contribution in [1.82, 2.24) is 10.2 Å². The molecule has 3 rings (SSSR count). The van der Waals surface area contributed by atoms with E-state index < -0.39 is 5.92 Å². The fraction of sp³-hybridized carbons (Fsp3) is 0.417. The summed E-state index contributed by atoms with van der Waals surface area (Å²) in [6.45, 7) is 8.45. The monoisotopic (exact) mass is 409 g/mol. The lowest BCUT2D eigenvalue weighted by atomic mass is 9.88. The number of hydrogen-bond acceptors (Lipinski definition) is 5. The summed E-state index contributed by atoms with van der Waals surface area (Å²) in [5, 5.41) is 2.98. The van der Waals surface area contributed by atoms with E-state index in [2.05, 4.69) is 28.2 Å². The second-order valence-corrected chi connectivity index (χ2v) is 7.52. The number of piperazine rings is 1. The van der Waals surface area contributed by atoms with E-state index in [1.54, 1.807) is 19.1 Å². The molecule has 0 radical (unpaired) electrons. The molecule has 6 nitrogen and oxygen atoms in total. The van der Waals surface area contributed by atoms with Crippen LogP contribution in [0.15, 0.2) is 48.5 Å². The van der Waals surface area contributed by atoms with Crippen molar-refractivity contribution < 1.29 is 14.3 Å². The molecule has 0 saturated carbocycles. The molecule has 2 aromatic rings. The number of ether oxygens (including phenoxy) is 1. The molecule has 1 N–H and O–H groups in total. The summed E-state index contributed by atoms with van der Waals surface area (Å²) in [6, 6.07) is 15.3. The van der Waals surface area contributed by atoms with E-state index in [0.717, 1.165) is 43.0 Å². The summed E-state index contributed by atoms with van der Waals surface area (Å²) in [5.74, 6) is -0.837. The van der Waals surface area contributed by atoms with Gasteiger partial charge in [0.15, 0.2) is 0 Å². The SMILES string of the molecule is CCNC(=O)C(c1ccc(C(=O)OCC)cc1)c1ccccc1N1CCN(C)CC1. The van der Waals surface area contributed by atoms with Crippen LogP contribution in [-0.4, -0.2) is 63.2 Å². The molecule has 1 heterocycles. The van der Waals surface area contributed by atoms with Crippen LogP contribution in [0.4, 0.5) is 5.69 Å².